The van der Waals surface area contributed by atoms with Crippen molar-refractivity contribution in [2.75, 3.05) is 6.54 Å². The van der Waals surface area contributed by atoms with Gasteiger partial charge in [0.15, 0.2) is 0 Å². The molecule has 0 aliphatic carbocycles. The Labute approximate surface area is 97.3 Å². The number of amides is 1. The van der Waals surface area contributed by atoms with Crippen molar-refractivity contribution >= 4 is 5.91 Å². The molecule has 1 fully saturated rings. The molecule has 1 unspecified atom stereocenters. The van der Waals surface area contributed by atoms with Gasteiger partial charge < -0.3 is 4.90 Å². The molecule has 1 atom stereocenters. The van der Waals surface area contributed by atoms with Crippen LogP contribution in [-0.4, -0.2) is 17.4 Å². The number of rotatable bonds is 3. The Morgan fingerprint density at radius 3 is 2.56 bits per heavy atom. The highest BCUT2D eigenvalue weighted by Crippen LogP contribution is 2.39. The van der Waals surface area contributed by atoms with Gasteiger partial charge >= 0.3 is 0 Å². The number of carbonyl (C=O) groups excluding carboxylic acids is 1. The predicted octanol–water partition coefficient (Wildman–Crippen LogP) is 3.01. The molecule has 2 rings (SSSR count). The van der Waals surface area contributed by atoms with Crippen molar-refractivity contribution < 1.29 is 4.79 Å². The average molecular weight is 217 g/mol. The van der Waals surface area contributed by atoms with Crippen LogP contribution in [0.1, 0.15) is 38.8 Å². The lowest BCUT2D eigenvalue weighted by molar-refractivity contribution is -0.135. The first-order chi connectivity index (χ1) is 7.56. The van der Waals surface area contributed by atoms with Crippen LogP contribution < -0.4 is 0 Å². The van der Waals surface area contributed by atoms with Gasteiger partial charge in [-0.15, -0.1) is 0 Å². The smallest absolute Gasteiger partial charge is 0.228 e. The molecule has 0 N–H and O–H groups in total. The largest absolute Gasteiger partial charge is 0.331 e. The lowest BCUT2D eigenvalue weighted by Gasteiger charge is -2.21. The second-order valence-electron chi connectivity index (χ2n) is 5.12. The standard InChI is InChI=1S/C14H19NO/c1-4-14(2,3)13(16)15-10-12(15)11-8-6-5-7-9-11/h5-9,12H,4,10H2,1-3H3. The zero-order valence-corrected chi connectivity index (χ0v) is 10.2. The maximum absolute atomic E-state index is 12.2. The molecule has 16 heavy (non-hydrogen) atoms. The zero-order valence-electron chi connectivity index (χ0n) is 10.2. The Balaban J connectivity index is 2.05. The summed E-state index contributed by atoms with van der Waals surface area (Å²) in [5, 5.41) is 0. The first-order valence-electron chi connectivity index (χ1n) is 5.92. The summed E-state index contributed by atoms with van der Waals surface area (Å²) in [5.41, 5.74) is 1.03. The van der Waals surface area contributed by atoms with Crippen LogP contribution in [0.3, 0.4) is 0 Å². The summed E-state index contributed by atoms with van der Waals surface area (Å²) in [6, 6.07) is 10.6. The number of hydrogen-bond acceptors (Lipinski definition) is 1. The molecule has 0 saturated carbocycles. The third-order valence-electron chi connectivity index (χ3n) is 3.52. The normalized spacial score (nSPS) is 19.7. The molecule has 2 heteroatoms. The summed E-state index contributed by atoms with van der Waals surface area (Å²) in [6.45, 7) is 7.00. The second-order valence-corrected chi connectivity index (χ2v) is 5.12. The van der Waals surface area contributed by atoms with E-state index < -0.39 is 0 Å². The van der Waals surface area contributed by atoms with E-state index in [1.807, 2.05) is 36.9 Å². The SMILES string of the molecule is CCC(C)(C)C(=O)N1CC1c1ccccc1. The maximum Gasteiger partial charge on any atom is 0.228 e. The van der Waals surface area contributed by atoms with Gasteiger partial charge in [-0.1, -0.05) is 51.1 Å². The van der Waals surface area contributed by atoms with Gasteiger partial charge in [0.05, 0.1) is 6.04 Å². The molecule has 0 bridgehead atoms. The highest BCUT2D eigenvalue weighted by Gasteiger charge is 2.44. The second kappa shape index (κ2) is 3.93. The summed E-state index contributed by atoms with van der Waals surface area (Å²) >= 11 is 0. The molecule has 2 nitrogen and oxygen atoms in total. The Hall–Kier alpha value is -1.31. The van der Waals surface area contributed by atoms with Crippen LogP contribution in [0.5, 0.6) is 0 Å². The average Bonchev–Trinajstić information content (AvgIpc) is 3.09. The Bertz CT molecular complexity index is 383. The number of nitrogens with zero attached hydrogens (tertiary/aromatic N) is 1. The minimum absolute atomic E-state index is 0.219. The van der Waals surface area contributed by atoms with Crippen molar-refractivity contribution in [3.05, 3.63) is 35.9 Å². The van der Waals surface area contributed by atoms with Crippen LogP contribution in [0.15, 0.2) is 30.3 Å². The molecule has 1 aromatic rings. The molecule has 0 aromatic heterocycles. The molecule has 1 aliphatic heterocycles. The van der Waals surface area contributed by atoms with Crippen LogP contribution >= 0.6 is 0 Å². The third kappa shape index (κ3) is 1.97. The quantitative estimate of drug-likeness (QED) is 0.713. The van der Waals surface area contributed by atoms with Gasteiger partial charge in [0.2, 0.25) is 5.91 Å². The molecule has 0 spiro atoms. The summed E-state index contributed by atoms with van der Waals surface area (Å²) in [4.78, 5) is 14.1. The van der Waals surface area contributed by atoms with Gasteiger partial charge in [-0.05, 0) is 12.0 Å². The van der Waals surface area contributed by atoms with E-state index in [9.17, 15) is 4.79 Å². The molecule has 0 radical (unpaired) electrons. The summed E-state index contributed by atoms with van der Waals surface area (Å²) in [6.07, 6.45) is 0.893. The van der Waals surface area contributed by atoms with Crippen LogP contribution in [-0.2, 0) is 4.79 Å². The van der Waals surface area contributed by atoms with Gasteiger partial charge in [0, 0.05) is 12.0 Å². The summed E-state index contributed by atoms with van der Waals surface area (Å²) < 4.78 is 0. The monoisotopic (exact) mass is 217 g/mol. The van der Waals surface area contributed by atoms with Crippen molar-refractivity contribution in [1.82, 2.24) is 4.90 Å². The Morgan fingerprint density at radius 1 is 1.38 bits per heavy atom. The number of hydrogen-bond donors (Lipinski definition) is 0. The van der Waals surface area contributed by atoms with Gasteiger partial charge in [-0.25, -0.2) is 0 Å². The fourth-order valence-corrected chi connectivity index (χ4v) is 1.86. The topological polar surface area (TPSA) is 20.1 Å². The first-order valence-corrected chi connectivity index (χ1v) is 5.92. The molecular weight excluding hydrogens is 198 g/mol. The van der Waals surface area contributed by atoms with E-state index in [1.165, 1.54) is 5.56 Å². The van der Waals surface area contributed by atoms with Crippen molar-refractivity contribution in [1.29, 1.82) is 0 Å². The predicted molar refractivity (Wildman–Crippen MR) is 65.0 cm³/mol. The van der Waals surface area contributed by atoms with Crippen LogP contribution in [0, 0.1) is 5.41 Å². The van der Waals surface area contributed by atoms with Crippen LogP contribution in [0.2, 0.25) is 0 Å². The van der Waals surface area contributed by atoms with Crippen LogP contribution in [0.25, 0.3) is 0 Å². The van der Waals surface area contributed by atoms with Gasteiger partial charge in [-0.3, -0.25) is 4.79 Å². The van der Waals surface area contributed by atoms with Gasteiger partial charge in [-0.2, -0.15) is 0 Å². The maximum atomic E-state index is 12.2. The fourth-order valence-electron chi connectivity index (χ4n) is 1.86. The van der Waals surface area contributed by atoms with E-state index in [1.54, 1.807) is 0 Å². The number of carbonyl (C=O) groups is 1. The van der Waals surface area contributed by atoms with Gasteiger partial charge in [0.1, 0.15) is 0 Å². The van der Waals surface area contributed by atoms with Crippen molar-refractivity contribution in [3.63, 3.8) is 0 Å². The molecule has 1 amide bonds. The van der Waals surface area contributed by atoms with Crippen molar-refractivity contribution in [3.8, 4) is 0 Å². The highest BCUT2D eigenvalue weighted by molar-refractivity contribution is 5.84. The van der Waals surface area contributed by atoms with E-state index >= 15 is 0 Å². The van der Waals surface area contributed by atoms with E-state index in [0.29, 0.717) is 6.04 Å². The molecule has 1 heterocycles. The molecule has 1 saturated heterocycles. The lowest BCUT2D eigenvalue weighted by Crippen LogP contribution is -2.29. The number of benzene rings is 1. The van der Waals surface area contributed by atoms with Crippen LogP contribution in [0.4, 0.5) is 0 Å². The fraction of sp³-hybridized carbons (Fsp3) is 0.500. The minimum atomic E-state index is -0.219. The highest BCUT2D eigenvalue weighted by atomic mass is 16.2. The van der Waals surface area contributed by atoms with E-state index in [4.69, 9.17) is 0 Å². The first kappa shape index (κ1) is 11.2. The van der Waals surface area contributed by atoms with Gasteiger partial charge in [0.25, 0.3) is 0 Å². The molecule has 1 aromatic carbocycles. The summed E-state index contributed by atoms with van der Waals surface area (Å²) in [5.74, 6) is 0.281. The summed E-state index contributed by atoms with van der Waals surface area (Å²) in [7, 11) is 0. The Morgan fingerprint density at radius 2 is 2.00 bits per heavy atom. The molecule has 86 valence electrons. The van der Waals surface area contributed by atoms with Crippen molar-refractivity contribution in [2.45, 2.75) is 33.2 Å². The van der Waals surface area contributed by atoms with E-state index in [2.05, 4.69) is 19.1 Å². The molecule has 1 aliphatic rings. The minimum Gasteiger partial charge on any atom is -0.331 e. The van der Waals surface area contributed by atoms with E-state index in [-0.39, 0.29) is 11.3 Å². The molecular formula is C14H19NO. The van der Waals surface area contributed by atoms with Crippen molar-refractivity contribution in [2.24, 2.45) is 5.41 Å². The van der Waals surface area contributed by atoms with E-state index in [0.717, 1.165) is 13.0 Å². The third-order valence-corrected chi connectivity index (χ3v) is 3.52. The Kier molecular flexibility index (Phi) is 2.75. The lowest BCUT2D eigenvalue weighted by atomic mass is 9.89. The zero-order chi connectivity index (χ0) is 11.8.